The van der Waals surface area contributed by atoms with E-state index in [0.29, 0.717) is 6.54 Å². The van der Waals surface area contributed by atoms with Crippen LogP contribution in [0.1, 0.15) is 5.69 Å². The second kappa shape index (κ2) is 5.44. The molecule has 0 fully saturated rings. The van der Waals surface area contributed by atoms with Crippen molar-refractivity contribution in [1.82, 2.24) is 15.0 Å². The number of ether oxygens (including phenoxy) is 1. The highest BCUT2D eigenvalue weighted by Gasteiger charge is 2.18. The van der Waals surface area contributed by atoms with Gasteiger partial charge in [-0.3, -0.25) is 0 Å². The van der Waals surface area contributed by atoms with Gasteiger partial charge in [-0.1, -0.05) is 23.4 Å². The largest absolute Gasteiger partial charge is 0.494 e. The lowest BCUT2D eigenvalue weighted by molar-refractivity contribution is 0.411. The Morgan fingerprint density at radius 1 is 1.25 bits per heavy atom. The second-order valence-electron chi connectivity index (χ2n) is 4.15. The van der Waals surface area contributed by atoms with Crippen molar-refractivity contribution in [3.8, 4) is 22.0 Å². The third-order valence-electron chi connectivity index (χ3n) is 3.00. The fraction of sp³-hybridized carbons (Fsp3) is 0.143. The summed E-state index contributed by atoms with van der Waals surface area (Å²) in [6.07, 6.45) is 0. The van der Waals surface area contributed by atoms with Crippen molar-refractivity contribution in [2.45, 2.75) is 6.54 Å². The molecular weight excluding hydrogens is 272 g/mol. The number of hydrogen-bond donors (Lipinski definition) is 1. The Hall–Kier alpha value is -2.18. The SMILES string of the molecule is COc1ccccc1-n1nnc(CN)c1-c1cccs1. The molecule has 0 spiro atoms. The zero-order valence-electron chi connectivity index (χ0n) is 11.0. The zero-order valence-corrected chi connectivity index (χ0v) is 11.8. The number of para-hydroxylation sites is 2. The van der Waals surface area contributed by atoms with Crippen LogP contribution in [-0.4, -0.2) is 22.1 Å². The number of methoxy groups -OCH3 is 1. The Balaban J connectivity index is 2.22. The molecule has 3 aromatic rings. The summed E-state index contributed by atoms with van der Waals surface area (Å²) < 4.78 is 7.18. The molecule has 3 rings (SSSR count). The number of benzene rings is 1. The topological polar surface area (TPSA) is 66.0 Å². The van der Waals surface area contributed by atoms with Gasteiger partial charge in [0.2, 0.25) is 0 Å². The summed E-state index contributed by atoms with van der Waals surface area (Å²) in [5.74, 6) is 0.749. The minimum absolute atomic E-state index is 0.350. The molecule has 0 saturated carbocycles. The van der Waals surface area contributed by atoms with Gasteiger partial charge in [-0.25, -0.2) is 4.68 Å². The van der Waals surface area contributed by atoms with E-state index in [0.717, 1.165) is 27.7 Å². The van der Waals surface area contributed by atoms with Gasteiger partial charge in [0.1, 0.15) is 22.8 Å². The smallest absolute Gasteiger partial charge is 0.144 e. The van der Waals surface area contributed by atoms with E-state index in [9.17, 15) is 0 Å². The van der Waals surface area contributed by atoms with Gasteiger partial charge in [0.05, 0.1) is 12.0 Å². The molecule has 5 nitrogen and oxygen atoms in total. The summed E-state index contributed by atoms with van der Waals surface area (Å²) in [4.78, 5) is 1.08. The van der Waals surface area contributed by atoms with Crippen LogP contribution in [0, 0.1) is 0 Å². The first kappa shape index (κ1) is 12.8. The van der Waals surface area contributed by atoms with Crippen molar-refractivity contribution in [2.24, 2.45) is 5.73 Å². The van der Waals surface area contributed by atoms with E-state index in [1.165, 1.54) is 0 Å². The maximum absolute atomic E-state index is 5.78. The molecule has 0 atom stereocenters. The van der Waals surface area contributed by atoms with Crippen LogP contribution in [0.2, 0.25) is 0 Å². The van der Waals surface area contributed by atoms with Crippen molar-refractivity contribution < 1.29 is 4.74 Å². The minimum Gasteiger partial charge on any atom is -0.494 e. The molecule has 102 valence electrons. The quantitative estimate of drug-likeness (QED) is 0.800. The normalized spacial score (nSPS) is 10.7. The van der Waals surface area contributed by atoms with Gasteiger partial charge >= 0.3 is 0 Å². The predicted molar refractivity (Wildman–Crippen MR) is 79.1 cm³/mol. The standard InChI is InChI=1S/C14H14N4OS/c1-19-12-6-3-2-5-11(12)18-14(10(9-15)16-17-18)13-7-4-8-20-13/h2-8H,9,15H2,1H3. The summed E-state index contributed by atoms with van der Waals surface area (Å²) in [6.45, 7) is 0.350. The molecule has 0 bridgehead atoms. The monoisotopic (exact) mass is 286 g/mol. The van der Waals surface area contributed by atoms with Crippen LogP contribution in [-0.2, 0) is 6.54 Å². The number of nitrogens with two attached hydrogens (primary N) is 1. The van der Waals surface area contributed by atoms with Crippen LogP contribution in [0.5, 0.6) is 5.75 Å². The highest BCUT2D eigenvalue weighted by molar-refractivity contribution is 7.13. The lowest BCUT2D eigenvalue weighted by Crippen LogP contribution is -2.03. The fourth-order valence-corrected chi connectivity index (χ4v) is 2.86. The maximum atomic E-state index is 5.78. The average Bonchev–Trinajstić information content (AvgIpc) is 3.15. The summed E-state index contributed by atoms with van der Waals surface area (Å²) in [6, 6.07) is 11.8. The second-order valence-corrected chi connectivity index (χ2v) is 5.10. The number of nitrogens with zero attached hydrogens (tertiary/aromatic N) is 3. The molecule has 0 saturated heterocycles. The van der Waals surface area contributed by atoms with Crippen molar-refractivity contribution in [1.29, 1.82) is 0 Å². The summed E-state index contributed by atoms with van der Waals surface area (Å²) >= 11 is 1.64. The third kappa shape index (κ3) is 2.09. The van der Waals surface area contributed by atoms with Gasteiger partial charge in [-0.05, 0) is 23.6 Å². The van der Waals surface area contributed by atoms with Crippen LogP contribution in [0.3, 0.4) is 0 Å². The van der Waals surface area contributed by atoms with E-state index in [-0.39, 0.29) is 0 Å². The Kier molecular flexibility index (Phi) is 3.49. The van der Waals surface area contributed by atoms with Crippen LogP contribution in [0.15, 0.2) is 41.8 Å². The molecule has 20 heavy (non-hydrogen) atoms. The molecule has 0 aliphatic heterocycles. The van der Waals surface area contributed by atoms with Crippen LogP contribution in [0.4, 0.5) is 0 Å². The fourth-order valence-electron chi connectivity index (χ4n) is 2.08. The number of thiophene rings is 1. The number of hydrogen-bond acceptors (Lipinski definition) is 5. The molecule has 2 aromatic heterocycles. The summed E-state index contributed by atoms with van der Waals surface area (Å²) in [5.41, 5.74) is 8.33. The van der Waals surface area contributed by atoms with E-state index < -0.39 is 0 Å². The van der Waals surface area contributed by atoms with Gasteiger partial charge in [-0.15, -0.1) is 16.4 Å². The first-order valence-electron chi connectivity index (χ1n) is 6.17. The molecule has 6 heteroatoms. The molecule has 2 heterocycles. The Morgan fingerprint density at radius 3 is 2.80 bits per heavy atom. The van der Waals surface area contributed by atoms with Crippen LogP contribution >= 0.6 is 11.3 Å². The highest BCUT2D eigenvalue weighted by Crippen LogP contribution is 2.31. The average molecular weight is 286 g/mol. The number of aromatic nitrogens is 3. The van der Waals surface area contributed by atoms with Gasteiger partial charge in [0.25, 0.3) is 0 Å². The molecule has 0 radical (unpaired) electrons. The van der Waals surface area contributed by atoms with Gasteiger partial charge in [-0.2, -0.15) is 0 Å². The highest BCUT2D eigenvalue weighted by atomic mass is 32.1. The molecule has 2 N–H and O–H groups in total. The van der Waals surface area contributed by atoms with Gasteiger partial charge in [0.15, 0.2) is 0 Å². The van der Waals surface area contributed by atoms with Crippen molar-refractivity contribution >= 4 is 11.3 Å². The Morgan fingerprint density at radius 2 is 2.10 bits per heavy atom. The lowest BCUT2D eigenvalue weighted by Gasteiger charge is -2.10. The van der Waals surface area contributed by atoms with E-state index >= 15 is 0 Å². The predicted octanol–water partition coefficient (Wildman–Crippen LogP) is 2.46. The first-order chi connectivity index (χ1) is 9.85. The Labute approximate surface area is 120 Å². The molecule has 0 aliphatic rings. The van der Waals surface area contributed by atoms with Crippen LogP contribution in [0.25, 0.3) is 16.3 Å². The molecular formula is C14H14N4OS. The van der Waals surface area contributed by atoms with Crippen molar-refractivity contribution in [2.75, 3.05) is 7.11 Å². The summed E-state index contributed by atoms with van der Waals surface area (Å²) in [5, 5.41) is 10.4. The Bertz CT molecular complexity index is 706. The molecule has 0 unspecified atom stereocenters. The van der Waals surface area contributed by atoms with Crippen molar-refractivity contribution in [3.05, 3.63) is 47.5 Å². The van der Waals surface area contributed by atoms with Gasteiger partial charge in [0, 0.05) is 6.54 Å². The zero-order chi connectivity index (χ0) is 13.9. The van der Waals surface area contributed by atoms with E-state index in [1.807, 2.05) is 41.8 Å². The van der Waals surface area contributed by atoms with Crippen LogP contribution < -0.4 is 10.5 Å². The lowest BCUT2D eigenvalue weighted by atomic mass is 10.2. The number of rotatable bonds is 4. The molecule has 0 amide bonds. The first-order valence-corrected chi connectivity index (χ1v) is 7.05. The van der Waals surface area contributed by atoms with Crippen molar-refractivity contribution in [3.63, 3.8) is 0 Å². The van der Waals surface area contributed by atoms with E-state index in [2.05, 4.69) is 10.3 Å². The minimum atomic E-state index is 0.350. The van der Waals surface area contributed by atoms with E-state index in [1.54, 1.807) is 23.1 Å². The molecule has 0 aliphatic carbocycles. The van der Waals surface area contributed by atoms with E-state index in [4.69, 9.17) is 10.5 Å². The summed E-state index contributed by atoms with van der Waals surface area (Å²) in [7, 11) is 1.64. The molecule has 1 aromatic carbocycles. The van der Waals surface area contributed by atoms with Gasteiger partial charge < -0.3 is 10.5 Å². The maximum Gasteiger partial charge on any atom is 0.144 e. The third-order valence-corrected chi connectivity index (χ3v) is 3.88.